The van der Waals surface area contributed by atoms with E-state index in [0.717, 1.165) is 51.1 Å². The van der Waals surface area contributed by atoms with Crippen molar-refractivity contribution in [3.63, 3.8) is 0 Å². The highest BCUT2D eigenvalue weighted by molar-refractivity contribution is 5.93. The zero-order chi connectivity index (χ0) is 18.9. The highest BCUT2D eigenvalue weighted by Crippen LogP contribution is 2.04. The van der Waals surface area contributed by atoms with Crippen LogP contribution in [0.3, 0.4) is 0 Å². The molecule has 4 N–H and O–H groups in total. The molecule has 2 aromatic rings. The Morgan fingerprint density at radius 3 is 2.23 bits per heavy atom. The van der Waals surface area contributed by atoms with E-state index in [1.54, 1.807) is 6.20 Å². The van der Waals surface area contributed by atoms with Gasteiger partial charge in [0.15, 0.2) is 0 Å². The van der Waals surface area contributed by atoms with E-state index >= 15 is 0 Å². The number of nitrogens with zero attached hydrogens (tertiary/aromatic N) is 3. The van der Waals surface area contributed by atoms with E-state index in [9.17, 15) is 9.59 Å². The van der Waals surface area contributed by atoms with Crippen molar-refractivity contribution < 1.29 is 24.5 Å². The summed E-state index contributed by atoms with van der Waals surface area (Å²) in [5.74, 6) is -2.25. The Kier molecular flexibility index (Phi) is 7.12. The lowest BCUT2D eigenvalue weighted by Crippen LogP contribution is -2.38. The molecule has 2 heterocycles. The van der Waals surface area contributed by atoms with Crippen LogP contribution in [0.2, 0.25) is 0 Å². The molecular formula is C17H22N4O5. The molecule has 0 radical (unpaired) electrons. The second-order valence-corrected chi connectivity index (χ2v) is 5.68. The summed E-state index contributed by atoms with van der Waals surface area (Å²) < 4.78 is 7.15. The Balaban J connectivity index is 0.000000190. The van der Waals surface area contributed by atoms with Gasteiger partial charge < -0.3 is 20.7 Å². The van der Waals surface area contributed by atoms with Gasteiger partial charge in [0.25, 0.3) is 0 Å². The maximum absolute atomic E-state index is 10.4. The molecule has 9 heteroatoms. The van der Waals surface area contributed by atoms with Crippen molar-refractivity contribution in [2.45, 2.75) is 6.54 Å². The topological polar surface area (TPSA) is 131 Å². The third-order valence-corrected chi connectivity index (χ3v) is 3.76. The molecule has 0 unspecified atom stereocenters. The summed E-state index contributed by atoms with van der Waals surface area (Å²) in [5.41, 5.74) is 6.26. The van der Waals surface area contributed by atoms with Gasteiger partial charge in [-0.05, 0) is 18.2 Å². The number of aromatic nitrogens is 2. The first-order chi connectivity index (χ1) is 12.5. The molecule has 140 valence electrons. The van der Waals surface area contributed by atoms with E-state index in [-0.39, 0.29) is 11.1 Å². The summed E-state index contributed by atoms with van der Waals surface area (Å²) in [6.07, 6.45) is 3.54. The van der Waals surface area contributed by atoms with Gasteiger partial charge in [-0.1, -0.05) is 6.07 Å². The van der Waals surface area contributed by atoms with Gasteiger partial charge in [0.2, 0.25) is 0 Å². The average molecular weight is 362 g/mol. The second-order valence-electron chi connectivity index (χ2n) is 5.68. The predicted molar refractivity (Wildman–Crippen MR) is 94.3 cm³/mol. The molecule has 1 fully saturated rings. The quantitative estimate of drug-likeness (QED) is 0.714. The highest BCUT2D eigenvalue weighted by atomic mass is 16.5. The molecule has 1 aliphatic rings. The third kappa shape index (κ3) is 6.19. The Labute approximate surface area is 150 Å². The zero-order valence-electron chi connectivity index (χ0n) is 14.2. The number of hydrogen-bond acceptors (Lipinski definition) is 6. The smallest absolute Gasteiger partial charge is 0.335 e. The first-order valence-corrected chi connectivity index (χ1v) is 8.10. The number of benzene rings is 1. The van der Waals surface area contributed by atoms with E-state index in [1.165, 1.54) is 18.2 Å². The van der Waals surface area contributed by atoms with Crippen LogP contribution >= 0.6 is 0 Å². The lowest BCUT2D eigenvalue weighted by Gasteiger charge is -2.26. The molecule has 9 nitrogen and oxygen atoms in total. The van der Waals surface area contributed by atoms with Crippen LogP contribution in [-0.2, 0) is 11.3 Å². The van der Waals surface area contributed by atoms with Gasteiger partial charge in [0.1, 0.15) is 0 Å². The molecule has 3 rings (SSSR count). The Morgan fingerprint density at radius 2 is 1.73 bits per heavy atom. The van der Waals surface area contributed by atoms with Crippen molar-refractivity contribution in [2.24, 2.45) is 0 Å². The molecule has 0 bridgehead atoms. The monoisotopic (exact) mass is 362 g/mol. The molecule has 1 saturated heterocycles. The molecular weight excluding hydrogens is 340 g/mol. The number of carboxylic acids is 2. The van der Waals surface area contributed by atoms with E-state index in [1.807, 2.05) is 10.9 Å². The zero-order valence-corrected chi connectivity index (χ0v) is 14.2. The van der Waals surface area contributed by atoms with Crippen molar-refractivity contribution in [1.29, 1.82) is 0 Å². The van der Waals surface area contributed by atoms with Crippen LogP contribution in [0.1, 0.15) is 20.7 Å². The number of carbonyl (C=O) groups is 2. The van der Waals surface area contributed by atoms with Gasteiger partial charge in [0.05, 0.1) is 42.8 Å². The fraction of sp³-hybridized carbons (Fsp3) is 0.353. The van der Waals surface area contributed by atoms with Crippen molar-refractivity contribution in [1.82, 2.24) is 14.7 Å². The van der Waals surface area contributed by atoms with Crippen LogP contribution in [0.15, 0.2) is 36.7 Å². The minimum absolute atomic E-state index is 0.0186. The number of nitrogens with two attached hydrogens (primary N) is 1. The van der Waals surface area contributed by atoms with Gasteiger partial charge in [-0.3, -0.25) is 9.58 Å². The van der Waals surface area contributed by atoms with E-state index in [2.05, 4.69) is 10.00 Å². The summed E-state index contributed by atoms with van der Waals surface area (Å²) in [6.45, 7) is 5.66. The Hall–Kier alpha value is -2.91. The first-order valence-electron chi connectivity index (χ1n) is 8.10. The lowest BCUT2D eigenvalue weighted by atomic mass is 10.1. The van der Waals surface area contributed by atoms with Gasteiger partial charge in [-0.25, -0.2) is 9.59 Å². The minimum Gasteiger partial charge on any atom is -0.478 e. The van der Waals surface area contributed by atoms with Crippen molar-refractivity contribution in [3.8, 4) is 0 Å². The van der Waals surface area contributed by atoms with Crippen molar-refractivity contribution >= 4 is 17.6 Å². The molecule has 0 spiro atoms. The Bertz CT molecular complexity index is 711. The van der Waals surface area contributed by atoms with E-state index in [0.29, 0.717) is 0 Å². The van der Waals surface area contributed by atoms with E-state index < -0.39 is 11.9 Å². The number of ether oxygens (including phenoxy) is 1. The lowest BCUT2D eigenvalue weighted by molar-refractivity contribution is 0.0359. The number of carboxylic acid groups (broad SMARTS) is 2. The highest BCUT2D eigenvalue weighted by Gasteiger charge is 2.09. The van der Waals surface area contributed by atoms with Gasteiger partial charge in [0, 0.05) is 25.8 Å². The van der Waals surface area contributed by atoms with Crippen LogP contribution in [-0.4, -0.2) is 69.7 Å². The average Bonchev–Trinajstić information content (AvgIpc) is 3.07. The van der Waals surface area contributed by atoms with Gasteiger partial charge in [-0.2, -0.15) is 5.10 Å². The number of aromatic carboxylic acids is 2. The summed E-state index contributed by atoms with van der Waals surface area (Å²) in [7, 11) is 0. The third-order valence-electron chi connectivity index (χ3n) is 3.76. The minimum atomic E-state index is -1.13. The van der Waals surface area contributed by atoms with Crippen LogP contribution < -0.4 is 5.73 Å². The first kappa shape index (κ1) is 19.4. The van der Waals surface area contributed by atoms with Crippen LogP contribution in [0.5, 0.6) is 0 Å². The molecule has 1 aromatic heterocycles. The van der Waals surface area contributed by atoms with Crippen molar-refractivity contribution in [2.75, 3.05) is 38.6 Å². The molecule has 1 aromatic carbocycles. The largest absolute Gasteiger partial charge is 0.478 e. The normalized spacial score (nSPS) is 14.3. The number of morpholine rings is 1. The standard InChI is InChI=1S/C9H16N4O.C8H6O4/c10-9-7-11-13(8-9)2-1-12-3-5-14-6-4-12;9-7(10)5-2-1-3-6(4-5)8(11)12/h7-8H,1-6,10H2;1-4H,(H,9,10)(H,11,12). The predicted octanol–water partition coefficient (Wildman–Crippen LogP) is 0.881. The molecule has 1 aliphatic heterocycles. The Morgan fingerprint density at radius 1 is 1.12 bits per heavy atom. The summed E-state index contributed by atoms with van der Waals surface area (Å²) in [6, 6.07) is 5.20. The molecule has 0 atom stereocenters. The summed E-state index contributed by atoms with van der Waals surface area (Å²) in [5, 5.41) is 21.1. The molecule has 0 amide bonds. The second kappa shape index (κ2) is 9.54. The van der Waals surface area contributed by atoms with Crippen LogP contribution in [0, 0.1) is 0 Å². The van der Waals surface area contributed by atoms with Crippen molar-refractivity contribution in [3.05, 3.63) is 47.8 Å². The maximum atomic E-state index is 10.4. The molecule has 0 aliphatic carbocycles. The number of nitrogen functional groups attached to an aromatic ring is 1. The molecule has 0 saturated carbocycles. The fourth-order valence-corrected chi connectivity index (χ4v) is 2.36. The van der Waals surface area contributed by atoms with E-state index in [4.69, 9.17) is 20.7 Å². The fourth-order valence-electron chi connectivity index (χ4n) is 2.36. The number of anilines is 1. The maximum Gasteiger partial charge on any atom is 0.335 e. The molecule has 26 heavy (non-hydrogen) atoms. The SMILES string of the molecule is Nc1cnn(CCN2CCOCC2)c1.O=C(O)c1cccc(C(=O)O)c1. The summed E-state index contributed by atoms with van der Waals surface area (Å²) in [4.78, 5) is 23.1. The van der Waals surface area contributed by atoms with Gasteiger partial charge >= 0.3 is 11.9 Å². The summed E-state index contributed by atoms with van der Waals surface area (Å²) >= 11 is 0. The number of rotatable bonds is 5. The van der Waals surface area contributed by atoms with Gasteiger partial charge in [-0.15, -0.1) is 0 Å². The van der Waals surface area contributed by atoms with Crippen LogP contribution in [0.25, 0.3) is 0 Å². The number of hydrogen-bond donors (Lipinski definition) is 3. The van der Waals surface area contributed by atoms with Crippen LogP contribution in [0.4, 0.5) is 5.69 Å².